The minimum atomic E-state index is -0.463. The van der Waals surface area contributed by atoms with Crippen LogP contribution in [-0.2, 0) is 13.0 Å². The van der Waals surface area contributed by atoms with Crippen molar-refractivity contribution in [1.29, 1.82) is 0 Å². The van der Waals surface area contributed by atoms with E-state index in [2.05, 4.69) is 31.8 Å². The van der Waals surface area contributed by atoms with Gasteiger partial charge in [0, 0.05) is 67.6 Å². The number of benzene rings is 1. The topological polar surface area (TPSA) is 92.7 Å². The van der Waals surface area contributed by atoms with E-state index < -0.39 is 5.82 Å². The van der Waals surface area contributed by atoms with Crippen LogP contribution in [0.25, 0.3) is 0 Å². The number of hydrogen-bond donors (Lipinski definition) is 1. The molecule has 0 unspecified atom stereocenters. The second-order valence-corrected chi connectivity index (χ2v) is 16.1. The zero-order chi connectivity index (χ0) is 31.1. The first-order chi connectivity index (χ1) is 21.8. The lowest BCUT2D eigenvalue weighted by Gasteiger charge is -2.59. The minimum Gasteiger partial charge on any atom is -0.490 e. The molecule has 3 aromatic rings. The van der Waals surface area contributed by atoms with Crippen molar-refractivity contribution >= 4 is 19.6 Å². The largest absolute Gasteiger partial charge is 0.490 e. The summed E-state index contributed by atoms with van der Waals surface area (Å²) in [5.41, 5.74) is 2.74. The number of carbonyl (C=O) groups excluding carboxylic acids is 1. The maximum Gasteiger partial charge on any atom is 0.258 e. The molecule has 4 aliphatic rings. The van der Waals surface area contributed by atoms with Gasteiger partial charge in [-0.1, -0.05) is 0 Å². The number of nitrogens with one attached hydrogen (secondary N) is 1. The molecule has 1 saturated carbocycles. The van der Waals surface area contributed by atoms with Gasteiger partial charge in [-0.15, -0.1) is 7.92 Å². The van der Waals surface area contributed by atoms with E-state index in [0.717, 1.165) is 82.1 Å². The Balaban J connectivity index is 1.03. The van der Waals surface area contributed by atoms with Crippen LogP contribution in [0.1, 0.15) is 61.1 Å². The quantitative estimate of drug-likeness (QED) is 0.320. The lowest BCUT2D eigenvalue weighted by atomic mass is 9.61. The first-order valence-electron chi connectivity index (χ1n) is 16.2. The van der Waals surface area contributed by atoms with Gasteiger partial charge < -0.3 is 24.6 Å². The van der Waals surface area contributed by atoms with Crippen LogP contribution >= 0.6 is 7.92 Å². The monoisotopic (exact) mass is 632 g/mol. The molecule has 2 saturated heterocycles. The fourth-order valence-electron chi connectivity index (χ4n) is 7.52. The van der Waals surface area contributed by atoms with Crippen LogP contribution in [0.3, 0.4) is 0 Å². The molecule has 5 heterocycles. The van der Waals surface area contributed by atoms with E-state index in [-0.39, 0.29) is 43.0 Å². The van der Waals surface area contributed by atoms with Gasteiger partial charge in [0.15, 0.2) is 11.6 Å². The highest BCUT2D eigenvalue weighted by Gasteiger charge is 2.54. The average Bonchev–Trinajstić information content (AvgIpc) is 3.00. The lowest BCUT2D eigenvalue weighted by Crippen LogP contribution is -2.65. The Bertz CT molecular complexity index is 1550. The molecule has 0 atom stereocenters. The Hall–Kier alpha value is -3.36. The van der Waals surface area contributed by atoms with Crippen molar-refractivity contribution in [3.63, 3.8) is 0 Å². The van der Waals surface area contributed by atoms with Crippen molar-refractivity contribution in [1.82, 2.24) is 25.2 Å². The van der Waals surface area contributed by atoms with Crippen molar-refractivity contribution in [3.05, 3.63) is 65.6 Å². The zero-order valence-electron chi connectivity index (χ0n) is 26.3. The summed E-state index contributed by atoms with van der Waals surface area (Å²) >= 11 is 0. The average molecular weight is 633 g/mol. The third-order valence-electron chi connectivity index (χ3n) is 9.83. The molecule has 0 radical (unpaired) electrons. The van der Waals surface area contributed by atoms with Gasteiger partial charge in [-0.05, 0) is 82.8 Å². The van der Waals surface area contributed by atoms with Crippen molar-refractivity contribution in [3.8, 4) is 17.2 Å². The molecule has 3 fully saturated rings. The molecule has 1 amide bonds. The molecule has 2 aromatic heterocycles. The van der Waals surface area contributed by atoms with Gasteiger partial charge in [0.2, 0.25) is 0 Å². The molecule has 45 heavy (non-hydrogen) atoms. The second-order valence-electron chi connectivity index (χ2n) is 13.5. The summed E-state index contributed by atoms with van der Waals surface area (Å²) in [6.45, 7) is 9.83. The summed E-state index contributed by atoms with van der Waals surface area (Å²) in [6, 6.07) is 6.31. The van der Waals surface area contributed by atoms with Gasteiger partial charge >= 0.3 is 0 Å². The lowest BCUT2D eigenvalue weighted by molar-refractivity contribution is -0.0349. The van der Waals surface area contributed by atoms with Crippen LogP contribution in [0.2, 0.25) is 0 Å². The van der Waals surface area contributed by atoms with Gasteiger partial charge in [-0.3, -0.25) is 9.78 Å². The van der Waals surface area contributed by atoms with E-state index in [1.165, 1.54) is 24.0 Å². The molecule has 0 bridgehead atoms. The Morgan fingerprint density at radius 2 is 1.93 bits per heavy atom. The van der Waals surface area contributed by atoms with E-state index in [4.69, 9.17) is 9.47 Å². The van der Waals surface area contributed by atoms with E-state index >= 15 is 0 Å². The van der Waals surface area contributed by atoms with Gasteiger partial charge in [-0.2, -0.15) is 0 Å². The third-order valence-corrected chi connectivity index (χ3v) is 11.9. The SMILES string of the molecule is CC(C)N(C(=O)c1cc(F)ccc1Oc1cncnc1N1CC2(CC(Oc3ccnc4c3CNCC4)C2)C1)C1CCP(C)CC1. The molecular weight excluding hydrogens is 590 g/mol. The van der Waals surface area contributed by atoms with Crippen molar-refractivity contribution < 1.29 is 18.7 Å². The first-order valence-corrected chi connectivity index (χ1v) is 18.3. The molecule has 238 valence electrons. The summed E-state index contributed by atoms with van der Waals surface area (Å²) in [6.07, 6.45) is 12.4. The summed E-state index contributed by atoms with van der Waals surface area (Å²) in [5.74, 6) is 1.76. The van der Waals surface area contributed by atoms with Gasteiger partial charge in [-0.25, -0.2) is 14.4 Å². The highest BCUT2D eigenvalue weighted by atomic mass is 31.1. The minimum absolute atomic E-state index is 0.0105. The van der Waals surface area contributed by atoms with Crippen LogP contribution in [0.15, 0.2) is 43.0 Å². The molecule has 1 spiro atoms. The number of nitrogens with zero attached hydrogens (tertiary/aromatic N) is 5. The summed E-state index contributed by atoms with van der Waals surface area (Å²) in [7, 11) is 0.0397. The van der Waals surface area contributed by atoms with Gasteiger partial charge in [0.1, 0.15) is 29.7 Å². The van der Waals surface area contributed by atoms with E-state index in [0.29, 0.717) is 17.3 Å². The summed E-state index contributed by atoms with van der Waals surface area (Å²) in [5, 5.41) is 3.43. The Morgan fingerprint density at radius 1 is 1.13 bits per heavy atom. The number of aromatic nitrogens is 3. The predicted octanol–water partition coefficient (Wildman–Crippen LogP) is 5.62. The maximum atomic E-state index is 14.6. The fraction of sp³-hybridized carbons (Fsp3) is 0.529. The second kappa shape index (κ2) is 12.4. The van der Waals surface area contributed by atoms with Crippen molar-refractivity contribution in [2.45, 2.75) is 70.7 Å². The van der Waals surface area contributed by atoms with E-state index in [9.17, 15) is 9.18 Å². The van der Waals surface area contributed by atoms with Gasteiger partial charge in [0.05, 0.1) is 11.8 Å². The Labute approximate surface area is 265 Å². The summed E-state index contributed by atoms with van der Waals surface area (Å²) in [4.78, 5) is 31.5. The fourth-order valence-corrected chi connectivity index (χ4v) is 9.22. The van der Waals surface area contributed by atoms with Crippen LogP contribution in [0.5, 0.6) is 17.2 Å². The number of fused-ring (bicyclic) bond motifs is 1. The number of pyridine rings is 1. The van der Waals surface area contributed by atoms with Crippen molar-refractivity contribution in [2.75, 3.05) is 43.5 Å². The third kappa shape index (κ3) is 6.11. The molecule has 11 heteroatoms. The van der Waals surface area contributed by atoms with E-state index in [1.54, 1.807) is 12.3 Å². The number of ether oxygens (including phenoxy) is 2. The van der Waals surface area contributed by atoms with Crippen LogP contribution in [0, 0.1) is 11.2 Å². The molecular formula is C34H42FN6O3P. The molecule has 9 nitrogen and oxygen atoms in total. The predicted molar refractivity (Wildman–Crippen MR) is 173 cm³/mol. The summed E-state index contributed by atoms with van der Waals surface area (Å²) < 4.78 is 27.4. The smallest absolute Gasteiger partial charge is 0.258 e. The standard InChI is InChI=1S/C34H42FN6O3P/c1-22(2)41(24-8-12-45(3)13-9-24)33(42)26-14-23(35)4-5-29(26)44-31-18-37-21-39-32(31)40-19-34(20-40)15-25(16-34)43-30-7-11-38-28-6-10-36-17-27(28)30/h4-5,7,11,14,18,21-22,24-25,36H,6,8-10,12-13,15-17,19-20H2,1-3H3. The number of hydrogen-bond acceptors (Lipinski definition) is 8. The maximum absolute atomic E-state index is 14.6. The van der Waals surface area contributed by atoms with Crippen LogP contribution in [-0.4, -0.2) is 82.6 Å². The number of halogens is 1. The molecule has 7 rings (SSSR count). The zero-order valence-corrected chi connectivity index (χ0v) is 27.2. The highest BCUT2D eigenvalue weighted by Crippen LogP contribution is 2.52. The first kappa shape index (κ1) is 30.3. The number of rotatable bonds is 8. The van der Waals surface area contributed by atoms with Crippen molar-refractivity contribution in [2.24, 2.45) is 5.41 Å². The highest BCUT2D eigenvalue weighted by molar-refractivity contribution is 7.56. The van der Waals surface area contributed by atoms with E-state index in [1.807, 2.05) is 31.0 Å². The molecule has 1 aromatic carbocycles. The molecule has 3 aliphatic heterocycles. The Kier molecular flexibility index (Phi) is 8.38. The Morgan fingerprint density at radius 3 is 2.71 bits per heavy atom. The molecule has 1 N–H and O–H groups in total. The normalized spacial score (nSPS) is 22.4. The number of carbonyl (C=O) groups is 1. The van der Waals surface area contributed by atoms with Gasteiger partial charge in [0.25, 0.3) is 5.91 Å². The number of anilines is 1. The molecule has 1 aliphatic carbocycles. The van der Waals surface area contributed by atoms with Crippen LogP contribution in [0.4, 0.5) is 10.2 Å². The number of amides is 1. The van der Waals surface area contributed by atoms with Crippen LogP contribution < -0.4 is 19.7 Å².